The normalized spacial score (nSPS) is 21.2. The summed E-state index contributed by atoms with van der Waals surface area (Å²) in [4.78, 5) is 2.21. The lowest BCUT2D eigenvalue weighted by Gasteiger charge is -2.40. The second-order valence-electron chi connectivity index (χ2n) is 8.78. The predicted octanol–water partition coefficient (Wildman–Crippen LogP) is 4.71. The van der Waals surface area contributed by atoms with Crippen LogP contribution in [0.2, 0.25) is 0 Å². The number of benzene rings is 2. The molecule has 1 saturated heterocycles. The Morgan fingerprint density at radius 1 is 1.09 bits per heavy atom. The van der Waals surface area contributed by atoms with E-state index in [0.717, 1.165) is 30.5 Å². The summed E-state index contributed by atoms with van der Waals surface area (Å²) >= 11 is 0. The van der Waals surface area contributed by atoms with Gasteiger partial charge in [-0.3, -0.25) is 0 Å². The van der Waals surface area contributed by atoms with Crippen molar-refractivity contribution in [1.82, 2.24) is 4.90 Å². The Labute approximate surface area is 192 Å². The van der Waals surface area contributed by atoms with Crippen molar-refractivity contribution >= 4 is 0 Å². The fourth-order valence-electron chi connectivity index (χ4n) is 4.80. The fraction of sp³-hybridized carbons (Fsp3) is 0.520. The number of fused-ring (bicyclic) bond motifs is 1. The number of aliphatic hydroxyl groups is 1. The van der Waals surface area contributed by atoms with Gasteiger partial charge in [-0.15, -0.1) is 0 Å². The van der Waals surface area contributed by atoms with E-state index in [1.54, 1.807) is 20.3 Å². The van der Waals surface area contributed by atoms with Gasteiger partial charge < -0.3 is 24.2 Å². The van der Waals surface area contributed by atoms with Crippen molar-refractivity contribution in [2.75, 3.05) is 40.5 Å². The van der Waals surface area contributed by atoms with Crippen molar-refractivity contribution in [1.29, 1.82) is 0 Å². The highest BCUT2D eigenvalue weighted by Crippen LogP contribution is 2.39. The molecule has 2 aliphatic heterocycles. The summed E-state index contributed by atoms with van der Waals surface area (Å²) in [6.45, 7) is 2.41. The van der Waals surface area contributed by atoms with E-state index in [1.165, 1.54) is 11.6 Å². The van der Waals surface area contributed by atoms with Gasteiger partial charge in [0.2, 0.25) is 0 Å². The van der Waals surface area contributed by atoms with Gasteiger partial charge in [-0.25, -0.2) is 0 Å². The zero-order valence-electron chi connectivity index (χ0n) is 19.0. The van der Waals surface area contributed by atoms with Gasteiger partial charge >= 0.3 is 6.18 Å². The van der Waals surface area contributed by atoms with E-state index in [4.69, 9.17) is 14.2 Å². The van der Waals surface area contributed by atoms with Crippen molar-refractivity contribution < 1.29 is 32.5 Å². The average Bonchev–Trinajstić information content (AvgIpc) is 3.00. The van der Waals surface area contributed by atoms with Crippen LogP contribution in [-0.4, -0.2) is 50.5 Å². The number of ether oxygens (including phenoxy) is 3. The molecule has 0 aromatic heterocycles. The van der Waals surface area contributed by atoms with Crippen LogP contribution in [0.4, 0.5) is 13.2 Å². The van der Waals surface area contributed by atoms with Crippen LogP contribution in [-0.2, 0) is 22.9 Å². The molecule has 0 bridgehead atoms. The number of methoxy groups -OCH3 is 2. The average molecular weight is 466 g/mol. The first-order chi connectivity index (χ1) is 15.7. The Kier molecular flexibility index (Phi) is 6.88. The maximum absolute atomic E-state index is 13.1. The molecule has 0 aliphatic carbocycles. The van der Waals surface area contributed by atoms with Gasteiger partial charge in [0.25, 0.3) is 0 Å². The first-order valence-electron chi connectivity index (χ1n) is 11.2. The third kappa shape index (κ3) is 5.13. The van der Waals surface area contributed by atoms with Crippen LogP contribution >= 0.6 is 0 Å². The Hall–Kier alpha value is -2.29. The second-order valence-corrected chi connectivity index (χ2v) is 8.78. The van der Waals surface area contributed by atoms with Crippen molar-refractivity contribution in [3.8, 4) is 11.5 Å². The number of likely N-dealkylation sites (tertiary alicyclic amines) is 1. The lowest BCUT2D eigenvalue weighted by atomic mass is 9.83. The number of hydrogen-bond acceptors (Lipinski definition) is 5. The summed E-state index contributed by atoms with van der Waals surface area (Å²) in [7, 11) is 3.23. The maximum atomic E-state index is 13.1. The molecule has 180 valence electrons. The van der Waals surface area contributed by atoms with E-state index in [1.807, 2.05) is 12.1 Å². The second kappa shape index (κ2) is 9.52. The molecule has 2 aliphatic rings. The van der Waals surface area contributed by atoms with Crippen LogP contribution in [0.15, 0.2) is 36.4 Å². The number of rotatable bonds is 5. The highest BCUT2D eigenvalue weighted by Gasteiger charge is 2.37. The Balaban J connectivity index is 1.47. The van der Waals surface area contributed by atoms with Crippen LogP contribution in [0.3, 0.4) is 0 Å². The third-order valence-electron chi connectivity index (χ3n) is 6.74. The molecule has 0 saturated carbocycles. The number of alkyl halides is 3. The Bertz CT molecular complexity index is 971. The summed E-state index contributed by atoms with van der Waals surface area (Å²) in [5, 5.41) is 11.1. The number of piperidine rings is 1. The van der Waals surface area contributed by atoms with Crippen LogP contribution in [0.1, 0.15) is 47.6 Å². The van der Waals surface area contributed by atoms with Crippen molar-refractivity contribution in [3.05, 3.63) is 58.7 Å². The third-order valence-corrected chi connectivity index (χ3v) is 6.74. The molecule has 8 heteroatoms. The molecule has 1 fully saturated rings. The quantitative estimate of drug-likeness (QED) is 0.693. The lowest BCUT2D eigenvalue weighted by Crippen LogP contribution is -2.44. The zero-order valence-corrected chi connectivity index (χ0v) is 19.0. The molecule has 0 amide bonds. The Morgan fingerprint density at radius 2 is 1.79 bits per heavy atom. The molecule has 1 N–H and O–H groups in total. The van der Waals surface area contributed by atoms with Crippen LogP contribution in [0, 0.1) is 0 Å². The number of aryl methyl sites for hydroxylation is 1. The van der Waals surface area contributed by atoms with Crippen LogP contribution < -0.4 is 9.47 Å². The molecule has 1 atom stereocenters. The topological polar surface area (TPSA) is 51.2 Å². The largest absolute Gasteiger partial charge is 0.493 e. The van der Waals surface area contributed by atoms with Gasteiger partial charge in [-0.05, 0) is 66.6 Å². The predicted molar refractivity (Wildman–Crippen MR) is 118 cm³/mol. The molecule has 1 unspecified atom stereocenters. The van der Waals surface area contributed by atoms with Crippen LogP contribution in [0.25, 0.3) is 0 Å². The summed E-state index contributed by atoms with van der Waals surface area (Å²) in [5.41, 5.74) is 0.571. The van der Waals surface area contributed by atoms with Crippen LogP contribution in [0.5, 0.6) is 11.5 Å². The standard InChI is InChI=1S/C25H30F3NO4/c1-31-21-13-17-5-4-12-33-23(20(17)15-22(21)32-2)16-29-10-8-24(30,9-11-29)18-6-3-7-19(14-18)25(26,27)28/h3,6-7,13-15,23,30H,4-5,8-12,16H2,1-2H3. The van der Waals surface area contributed by atoms with E-state index in [2.05, 4.69) is 4.90 Å². The van der Waals surface area contributed by atoms with E-state index in [0.29, 0.717) is 56.1 Å². The lowest BCUT2D eigenvalue weighted by molar-refractivity contribution is -0.137. The van der Waals surface area contributed by atoms with Gasteiger partial charge in [0.1, 0.15) is 0 Å². The van der Waals surface area contributed by atoms with E-state index in [-0.39, 0.29) is 6.10 Å². The van der Waals surface area contributed by atoms with Gasteiger partial charge in [-0.1, -0.05) is 12.1 Å². The molecule has 0 radical (unpaired) electrons. The van der Waals surface area contributed by atoms with E-state index >= 15 is 0 Å². The molecule has 0 spiro atoms. The molecular formula is C25H30F3NO4. The van der Waals surface area contributed by atoms with Gasteiger partial charge in [-0.2, -0.15) is 13.2 Å². The van der Waals surface area contributed by atoms with E-state index in [9.17, 15) is 18.3 Å². The minimum atomic E-state index is -4.43. The monoisotopic (exact) mass is 465 g/mol. The summed E-state index contributed by atoms with van der Waals surface area (Å²) in [5.74, 6) is 1.35. The van der Waals surface area contributed by atoms with Crippen molar-refractivity contribution in [3.63, 3.8) is 0 Å². The van der Waals surface area contributed by atoms with Gasteiger partial charge in [0.15, 0.2) is 11.5 Å². The first-order valence-corrected chi connectivity index (χ1v) is 11.2. The number of nitrogens with zero attached hydrogens (tertiary/aromatic N) is 1. The zero-order chi connectivity index (χ0) is 23.6. The molecular weight excluding hydrogens is 435 g/mol. The summed E-state index contributed by atoms with van der Waals surface area (Å²) < 4.78 is 56.5. The molecule has 5 nitrogen and oxygen atoms in total. The SMILES string of the molecule is COc1cc2c(cc1OC)C(CN1CCC(O)(c3cccc(C(F)(F)F)c3)CC1)OCCC2. The first kappa shape index (κ1) is 23.9. The molecule has 4 rings (SSSR count). The number of halogens is 3. The minimum absolute atomic E-state index is 0.151. The highest BCUT2D eigenvalue weighted by atomic mass is 19.4. The summed E-state index contributed by atoms with van der Waals surface area (Å²) in [6.07, 6.45) is -2.06. The van der Waals surface area contributed by atoms with E-state index < -0.39 is 17.3 Å². The molecule has 33 heavy (non-hydrogen) atoms. The van der Waals surface area contributed by atoms with Gasteiger partial charge in [0, 0.05) is 26.2 Å². The minimum Gasteiger partial charge on any atom is -0.493 e. The van der Waals surface area contributed by atoms with Crippen molar-refractivity contribution in [2.45, 2.75) is 43.6 Å². The Morgan fingerprint density at radius 3 is 2.45 bits per heavy atom. The smallest absolute Gasteiger partial charge is 0.416 e. The van der Waals surface area contributed by atoms with Crippen molar-refractivity contribution in [2.24, 2.45) is 0 Å². The highest BCUT2D eigenvalue weighted by molar-refractivity contribution is 5.48. The molecule has 2 heterocycles. The molecule has 2 aromatic rings. The van der Waals surface area contributed by atoms with Gasteiger partial charge in [0.05, 0.1) is 31.5 Å². The summed E-state index contributed by atoms with van der Waals surface area (Å²) in [6, 6.07) is 9.03. The maximum Gasteiger partial charge on any atom is 0.416 e. The molecule has 2 aromatic carbocycles. The number of hydrogen-bond donors (Lipinski definition) is 1. The fourth-order valence-corrected chi connectivity index (χ4v) is 4.80.